The van der Waals surface area contributed by atoms with Crippen LogP contribution in [0.25, 0.3) is 0 Å². The molecule has 2 rings (SSSR count). The van der Waals surface area contributed by atoms with Gasteiger partial charge in [-0.25, -0.2) is 8.78 Å². The molecule has 0 aliphatic rings. The van der Waals surface area contributed by atoms with Crippen molar-refractivity contribution in [3.05, 3.63) is 64.2 Å². The van der Waals surface area contributed by atoms with E-state index < -0.39 is 17.7 Å². The summed E-state index contributed by atoms with van der Waals surface area (Å²) in [4.78, 5) is 0. The number of hydrogen-bond donors (Lipinski definition) is 1. The highest BCUT2D eigenvalue weighted by atomic mass is 35.5. The van der Waals surface area contributed by atoms with Gasteiger partial charge in [0.1, 0.15) is 5.75 Å². The highest BCUT2D eigenvalue weighted by molar-refractivity contribution is 6.30. The minimum atomic E-state index is -0.936. The van der Waals surface area contributed by atoms with Crippen molar-refractivity contribution in [2.75, 3.05) is 7.11 Å². The zero-order chi connectivity index (χ0) is 14.0. The Balaban J connectivity index is 2.45. The van der Waals surface area contributed by atoms with Crippen LogP contribution in [0.4, 0.5) is 8.78 Å². The van der Waals surface area contributed by atoms with Crippen LogP contribution in [-0.2, 0) is 0 Å². The SMILES string of the molecule is COc1ccc(Cl)cc1C(N)c1ccc(F)c(F)c1. The molecule has 0 aliphatic carbocycles. The summed E-state index contributed by atoms with van der Waals surface area (Å²) in [6, 6.07) is 7.89. The molecule has 5 heteroatoms. The first-order valence-corrected chi connectivity index (χ1v) is 5.94. The number of ether oxygens (including phenoxy) is 1. The van der Waals surface area contributed by atoms with Crippen LogP contribution in [0.15, 0.2) is 36.4 Å². The summed E-state index contributed by atoms with van der Waals surface area (Å²) in [5, 5.41) is 0.494. The van der Waals surface area contributed by atoms with Gasteiger partial charge in [0.2, 0.25) is 0 Å². The molecule has 0 aliphatic heterocycles. The summed E-state index contributed by atoms with van der Waals surface area (Å²) in [5.74, 6) is -1.30. The molecule has 0 radical (unpaired) electrons. The van der Waals surface area contributed by atoms with E-state index in [0.717, 1.165) is 12.1 Å². The lowest BCUT2D eigenvalue weighted by atomic mass is 9.98. The van der Waals surface area contributed by atoms with Gasteiger partial charge in [-0.15, -0.1) is 0 Å². The predicted octanol–water partition coefficient (Wildman–Crippen LogP) is 3.67. The monoisotopic (exact) mass is 283 g/mol. The Hall–Kier alpha value is -1.65. The predicted molar refractivity (Wildman–Crippen MR) is 70.4 cm³/mol. The molecule has 0 saturated carbocycles. The standard InChI is InChI=1S/C14H12ClF2NO/c1-19-13-5-3-9(15)7-10(13)14(18)8-2-4-11(16)12(17)6-8/h2-7,14H,18H2,1H3. The van der Waals surface area contributed by atoms with E-state index in [0.29, 0.717) is 21.9 Å². The first kappa shape index (κ1) is 13.8. The van der Waals surface area contributed by atoms with Crippen molar-refractivity contribution >= 4 is 11.6 Å². The van der Waals surface area contributed by atoms with Gasteiger partial charge in [0.25, 0.3) is 0 Å². The molecule has 0 saturated heterocycles. The van der Waals surface area contributed by atoms with Gasteiger partial charge in [-0.05, 0) is 35.9 Å². The van der Waals surface area contributed by atoms with E-state index in [1.54, 1.807) is 18.2 Å². The molecule has 2 aromatic rings. The maximum atomic E-state index is 13.2. The average Bonchev–Trinajstić information content (AvgIpc) is 2.41. The maximum absolute atomic E-state index is 13.2. The Morgan fingerprint density at radius 1 is 1.11 bits per heavy atom. The molecule has 0 spiro atoms. The summed E-state index contributed by atoms with van der Waals surface area (Å²) in [5.41, 5.74) is 7.11. The van der Waals surface area contributed by atoms with Gasteiger partial charge in [0, 0.05) is 10.6 Å². The second-order valence-electron chi connectivity index (χ2n) is 4.04. The first-order valence-electron chi connectivity index (χ1n) is 5.57. The first-order chi connectivity index (χ1) is 9.02. The summed E-state index contributed by atoms with van der Waals surface area (Å²) in [6.45, 7) is 0. The minimum absolute atomic E-state index is 0.444. The van der Waals surface area contributed by atoms with E-state index in [-0.39, 0.29) is 0 Å². The molecular weight excluding hydrogens is 272 g/mol. The molecule has 0 fully saturated rings. The average molecular weight is 284 g/mol. The molecule has 0 amide bonds. The maximum Gasteiger partial charge on any atom is 0.159 e. The number of methoxy groups -OCH3 is 1. The molecule has 1 atom stereocenters. The van der Waals surface area contributed by atoms with Crippen molar-refractivity contribution in [1.82, 2.24) is 0 Å². The van der Waals surface area contributed by atoms with Gasteiger partial charge < -0.3 is 10.5 Å². The number of rotatable bonds is 3. The lowest BCUT2D eigenvalue weighted by Gasteiger charge is -2.16. The Kier molecular flexibility index (Phi) is 4.02. The van der Waals surface area contributed by atoms with E-state index >= 15 is 0 Å². The molecule has 1 unspecified atom stereocenters. The van der Waals surface area contributed by atoms with E-state index in [1.807, 2.05) is 0 Å². The zero-order valence-corrected chi connectivity index (χ0v) is 10.9. The lowest BCUT2D eigenvalue weighted by molar-refractivity contribution is 0.407. The largest absolute Gasteiger partial charge is 0.496 e. The van der Waals surface area contributed by atoms with Crippen molar-refractivity contribution in [2.24, 2.45) is 5.73 Å². The van der Waals surface area contributed by atoms with Crippen molar-refractivity contribution in [3.63, 3.8) is 0 Å². The number of hydrogen-bond acceptors (Lipinski definition) is 2. The van der Waals surface area contributed by atoms with Gasteiger partial charge in [0.05, 0.1) is 13.2 Å². The fourth-order valence-corrected chi connectivity index (χ4v) is 2.01. The molecule has 0 aromatic heterocycles. The third-order valence-corrected chi connectivity index (χ3v) is 3.06. The summed E-state index contributed by atoms with van der Waals surface area (Å²) >= 11 is 5.92. The summed E-state index contributed by atoms with van der Waals surface area (Å²) in [7, 11) is 1.50. The Labute approximate surface area is 114 Å². The van der Waals surface area contributed by atoms with Gasteiger partial charge in [-0.1, -0.05) is 17.7 Å². The second-order valence-corrected chi connectivity index (χ2v) is 4.47. The highest BCUT2D eigenvalue weighted by Gasteiger charge is 2.16. The van der Waals surface area contributed by atoms with E-state index in [2.05, 4.69) is 0 Å². The number of nitrogens with two attached hydrogens (primary N) is 1. The van der Waals surface area contributed by atoms with Crippen LogP contribution in [-0.4, -0.2) is 7.11 Å². The molecule has 2 aromatic carbocycles. The third-order valence-electron chi connectivity index (χ3n) is 2.83. The van der Waals surface area contributed by atoms with Gasteiger partial charge in [-0.2, -0.15) is 0 Å². The van der Waals surface area contributed by atoms with Crippen molar-refractivity contribution in [1.29, 1.82) is 0 Å². The molecular formula is C14H12ClF2NO. The highest BCUT2D eigenvalue weighted by Crippen LogP contribution is 2.31. The van der Waals surface area contributed by atoms with Crippen molar-refractivity contribution < 1.29 is 13.5 Å². The van der Waals surface area contributed by atoms with E-state index in [1.165, 1.54) is 13.2 Å². The van der Waals surface area contributed by atoms with Crippen molar-refractivity contribution in [2.45, 2.75) is 6.04 Å². The minimum Gasteiger partial charge on any atom is -0.496 e. The normalized spacial score (nSPS) is 12.3. The smallest absolute Gasteiger partial charge is 0.159 e. The van der Waals surface area contributed by atoms with Crippen LogP contribution < -0.4 is 10.5 Å². The van der Waals surface area contributed by atoms with Gasteiger partial charge in [0.15, 0.2) is 11.6 Å². The number of benzene rings is 2. The van der Waals surface area contributed by atoms with Crippen LogP contribution in [0.1, 0.15) is 17.2 Å². The quantitative estimate of drug-likeness (QED) is 0.933. The molecule has 19 heavy (non-hydrogen) atoms. The van der Waals surface area contributed by atoms with Crippen LogP contribution in [0.2, 0.25) is 5.02 Å². The molecule has 0 bridgehead atoms. The molecule has 2 N–H and O–H groups in total. The fourth-order valence-electron chi connectivity index (χ4n) is 1.83. The van der Waals surface area contributed by atoms with E-state index in [9.17, 15) is 8.78 Å². The lowest BCUT2D eigenvalue weighted by Crippen LogP contribution is -2.13. The van der Waals surface area contributed by atoms with Gasteiger partial charge in [-0.3, -0.25) is 0 Å². The zero-order valence-electron chi connectivity index (χ0n) is 10.2. The molecule has 2 nitrogen and oxygen atoms in total. The van der Waals surface area contributed by atoms with Gasteiger partial charge >= 0.3 is 0 Å². The molecule has 0 heterocycles. The fraction of sp³-hybridized carbons (Fsp3) is 0.143. The Bertz CT molecular complexity index is 604. The van der Waals surface area contributed by atoms with Crippen LogP contribution >= 0.6 is 11.6 Å². The van der Waals surface area contributed by atoms with Crippen LogP contribution in [0, 0.1) is 11.6 Å². The number of halogens is 3. The van der Waals surface area contributed by atoms with Crippen LogP contribution in [0.5, 0.6) is 5.75 Å². The Morgan fingerprint density at radius 3 is 2.47 bits per heavy atom. The molecule has 100 valence electrons. The van der Waals surface area contributed by atoms with Crippen LogP contribution in [0.3, 0.4) is 0 Å². The van der Waals surface area contributed by atoms with E-state index in [4.69, 9.17) is 22.1 Å². The summed E-state index contributed by atoms with van der Waals surface area (Å²) in [6.07, 6.45) is 0. The summed E-state index contributed by atoms with van der Waals surface area (Å²) < 4.78 is 31.3. The topological polar surface area (TPSA) is 35.2 Å². The Morgan fingerprint density at radius 2 is 1.84 bits per heavy atom. The second kappa shape index (κ2) is 5.55. The van der Waals surface area contributed by atoms with Crippen molar-refractivity contribution in [3.8, 4) is 5.75 Å². The third kappa shape index (κ3) is 2.85.